The van der Waals surface area contributed by atoms with Crippen LogP contribution >= 0.6 is 0 Å². The summed E-state index contributed by atoms with van der Waals surface area (Å²) in [6.45, 7) is 19.9. The van der Waals surface area contributed by atoms with Crippen LogP contribution in [-0.4, -0.2) is 109 Å². The van der Waals surface area contributed by atoms with E-state index in [2.05, 4.69) is 66.8 Å². The second kappa shape index (κ2) is 80.0. The Bertz CT molecular complexity index is 371. The molecule has 0 aromatic carbocycles. The average molecular weight is 796 g/mol. The molecule has 0 spiro atoms. The van der Waals surface area contributed by atoms with E-state index in [9.17, 15) is 0 Å². The van der Waals surface area contributed by atoms with Gasteiger partial charge in [0, 0.05) is 0 Å². The van der Waals surface area contributed by atoms with E-state index in [4.69, 9.17) is 0 Å². The second-order valence-electron chi connectivity index (χ2n) is 9.10. The van der Waals surface area contributed by atoms with E-state index in [1.807, 2.05) is 55.6 Å². The third-order valence-electron chi connectivity index (χ3n) is 5.69. The molecule has 0 aromatic heterocycles. The van der Waals surface area contributed by atoms with E-state index in [0.29, 0.717) is 5.92 Å². The van der Waals surface area contributed by atoms with Crippen molar-refractivity contribution >= 4 is 0 Å². The van der Waals surface area contributed by atoms with E-state index in [0.717, 1.165) is 58.3 Å². The molecule has 0 heterocycles. The molecule has 0 atom stereocenters. The van der Waals surface area contributed by atoms with E-state index in [-0.39, 0.29) is 59.8 Å². The summed E-state index contributed by atoms with van der Waals surface area (Å²) in [5.74, 6) is 1.71. The van der Waals surface area contributed by atoms with Crippen LogP contribution in [0, 0.1) is 19.3 Å². The SMILES string of the molecule is CC[N-]C.CC[N-]C.CC[N-]C.CC[N-]C.CC[N-]C.CC[N-]C.CNCCC1C=CC=C1.C[N-]CCC1CCCC1.[CH3-].[Zr+4].[Zr+4]. The van der Waals surface area contributed by atoms with Crippen LogP contribution < -0.4 is 5.32 Å². The molecular weight excluding hydrogens is 715 g/mol. The van der Waals surface area contributed by atoms with Gasteiger partial charge in [0.25, 0.3) is 0 Å². The predicted molar refractivity (Wildman–Crippen MR) is 206 cm³/mol. The van der Waals surface area contributed by atoms with Crippen molar-refractivity contribution in [2.24, 2.45) is 11.8 Å². The van der Waals surface area contributed by atoms with Gasteiger partial charge in [-0.05, 0) is 31.8 Å². The van der Waals surface area contributed by atoms with Gasteiger partial charge < -0.3 is 50.0 Å². The second-order valence-corrected chi connectivity index (χ2v) is 9.10. The van der Waals surface area contributed by atoms with Crippen molar-refractivity contribution in [1.29, 1.82) is 0 Å². The van der Waals surface area contributed by atoms with E-state index < -0.39 is 0 Å². The summed E-state index contributed by atoms with van der Waals surface area (Å²) >= 11 is 0. The van der Waals surface area contributed by atoms with Gasteiger partial charge in [0.05, 0.1) is 0 Å². The summed E-state index contributed by atoms with van der Waals surface area (Å²) in [4.78, 5) is 0. The zero-order valence-corrected chi connectivity index (χ0v) is 37.9. The zero-order chi connectivity index (χ0) is 33.5. The van der Waals surface area contributed by atoms with Crippen molar-refractivity contribution in [2.45, 2.75) is 80.1 Å². The fraction of sp³-hybridized carbons (Fsp3) is 0.857. The molecule has 1 N–H and O–H groups in total. The molecule has 2 rings (SSSR count). The molecule has 0 unspecified atom stereocenters. The van der Waals surface area contributed by atoms with Gasteiger partial charge in [-0.25, -0.2) is 0 Å². The van der Waals surface area contributed by atoms with Crippen LogP contribution in [0.4, 0.5) is 0 Å². The van der Waals surface area contributed by atoms with Crippen LogP contribution in [0.5, 0.6) is 0 Å². The Morgan fingerprint density at radius 3 is 1.04 bits per heavy atom. The minimum Gasteiger partial charge on any atom is -0.665 e. The van der Waals surface area contributed by atoms with Crippen LogP contribution in [0.15, 0.2) is 24.3 Å². The molecule has 1 saturated carbocycles. The quantitative estimate of drug-likeness (QED) is 0.195. The summed E-state index contributed by atoms with van der Waals surface area (Å²) in [5, 5.41) is 29.6. The Labute approximate surface area is 325 Å². The van der Waals surface area contributed by atoms with Crippen molar-refractivity contribution in [2.75, 3.05) is 109 Å². The predicted octanol–water partition coefficient (Wildman–Crippen LogP) is 10.4. The molecule has 2 aliphatic rings. The minimum absolute atomic E-state index is 0. The van der Waals surface area contributed by atoms with Gasteiger partial charge in [0.1, 0.15) is 0 Å². The minimum atomic E-state index is 0. The first-order valence-corrected chi connectivity index (χ1v) is 16.2. The van der Waals surface area contributed by atoms with Gasteiger partial charge >= 0.3 is 52.4 Å². The number of allylic oxidation sites excluding steroid dienone is 4. The molecule has 8 nitrogen and oxygen atoms in total. The summed E-state index contributed by atoms with van der Waals surface area (Å²) in [6, 6.07) is 0. The van der Waals surface area contributed by atoms with Gasteiger partial charge in [-0.1, -0.05) is 98.0 Å². The smallest absolute Gasteiger partial charge is 0.665 e. The Hall–Kier alpha value is 0.926. The van der Waals surface area contributed by atoms with Gasteiger partial charge in [-0.15, -0.1) is 6.54 Å². The summed E-state index contributed by atoms with van der Waals surface area (Å²) < 4.78 is 0. The Kier molecular flexibility index (Phi) is 121. The molecule has 0 aromatic rings. The number of hydrogen-bond acceptors (Lipinski definition) is 1. The van der Waals surface area contributed by atoms with Crippen molar-refractivity contribution in [3.63, 3.8) is 0 Å². The molecule has 45 heavy (non-hydrogen) atoms. The first kappa shape index (κ1) is 68.0. The largest absolute Gasteiger partial charge is 4.00 e. The maximum Gasteiger partial charge on any atom is 4.00 e. The van der Waals surface area contributed by atoms with Crippen LogP contribution in [0.1, 0.15) is 80.1 Å². The number of nitrogens with one attached hydrogen (secondary N) is 1. The van der Waals surface area contributed by atoms with E-state index in [1.165, 1.54) is 38.5 Å². The molecule has 0 aliphatic heterocycles. The molecule has 0 bridgehead atoms. The molecule has 1 fully saturated rings. The van der Waals surface area contributed by atoms with Crippen LogP contribution in [0.3, 0.4) is 0 Å². The van der Waals surface area contributed by atoms with Gasteiger partial charge in [0.15, 0.2) is 0 Å². The maximum absolute atomic E-state index is 4.10. The molecule has 0 amide bonds. The van der Waals surface area contributed by atoms with Crippen LogP contribution in [0.2, 0.25) is 0 Å². The van der Waals surface area contributed by atoms with Crippen LogP contribution in [-0.2, 0) is 52.4 Å². The van der Waals surface area contributed by atoms with Crippen molar-refractivity contribution in [3.05, 3.63) is 68.9 Å². The van der Waals surface area contributed by atoms with Gasteiger partial charge in [0.2, 0.25) is 0 Å². The summed E-state index contributed by atoms with van der Waals surface area (Å²) in [7, 11) is 14.7. The third kappa shape index (κ3) is 98.9. The molecule has 10 heteroatoms. The van der Waals surface area contributed by atoms with E-state index >= 15 is 0 Å². The topological polar surface area (TPSA) is 111 Å². The normalized spacial score (nSPS) is 11.7. The molecule has 0 radical (unpaired) electrons. The maximum atomic E-state index is 4.10. The van der Waals surface area contributed by atoms with Crippen LogP contribution in [0.25, 0.3) is 37.2 Å². The Morgan fingerprint density at radius 2 is 0.822 bits per heavy atom. The summed E-state index contributed by atoms with van der Waals surface area (Å²) in [6.07, 6.45) is 17.1. The van der Waals surface area contributed by atoms with Crippen molar-refractivity contribution in [3.8, 4) is 0 Å². The Balaban J connectivity index is -0.0000000483. The van der Waals surface area contributed by atoms with Crippen molar-refractivity contribution in [1.82, 2.24) is 5.32 Å². The van der Waals surface area contributed by atoms with Crippen molar-refractivity contribution < 1.29 is 52.4 Å². The molecular formula is C35H80N8Zr2. The molecule has 2 aliphatic carbocycles. The Morgan fingerprint density at radius 1 is 0.533 bits per heavy atom. The molecule has 268 valence electrons. The zero-order valence-electron chi connectivity index (χ0n) is 33.0. The standard InChI is InChI=1S/C8H16N.C8H13N.6C3H8N.CH3.2Zr/c2*1-9-7-6-8-4-2-3-5-8;6*1-3-4-2;;;/h8H,2-7H2,1H3;2-5,8-9H,6-7H2,1H3;6*3H2,1-2H3;1H3;;/q-1;;7*-1;2*+4. The number of hydrogen-bond donors (Lipinski definition) is 1. The van der Waals surface area contributed by atoms with E-state index in [1.54, 1.807) is 42.3 Å². The summed E-state index contributed by atoms with van der Waals surface area (Å²) in [5.41, 5.74) is 0. The fourth-order valence-corrected chi connectivity index (χ4v) is 2.59. The first-order valence-electron chi connectivity index (χ1n) is 16.2. The molecule has 0 saturated heterocycles. The first-order chi connectivity index (χ1) is 20.3. The number of nitrogens with zero attached hydrogens (tertiary/aromatic N) is 7. The van der Waals surface area contributed by atoms with Gasteiger partial charge in [-0.2, -0.15) is 88.6 Å². The van der Waals surface area contributed by atoms with Gasteiger partial charge in [-0.3, -0.25) is 0 Å². The fourth-order valence-electron chi connectivity index (χ4n) is 2.59. The third-order valence-corrected chi connectivity index (χ3v) is 5.69. The average Bonchev–Trinajstić information content (AvgIpc) is 3.78. The monoisotopic (exact) mass is 792 g/mol. The number of rotatable bonds is 12.